The normalized spacial score (nSPS) is 17.4. The van der Waals surface area contributed by atoms with Gasteiger partial charge in [0.05, 0.1) is 13.2 Å². The van der Waals surface area contributed by atoms with Crippen LogP contribution >= 0.6 is 22.6 Å². The minimum Gasteiger partial charge on any atom is -0.490 e. The van der Waals surface area contributed by atoms with Gasteiger partial charge in [0, 0.05) is 9.99 Å². The fourth-order valence-corrected chi connectivity index (χ4v) is 2.63. The van der Waals surface area contributed by atoms with Gasteiger partial charge in [-0.1, -0.05) is 12.2 Å². The Morgan fingerprint density at radius 1 is 1.14 bits per heavy atom. The van der Waals surface area contributed by atoms with E-state index in [-0.39, 0.29) is 5.79 Å². The number of hydrogen-bond acceptors (Lipinski definition) is 3. The van der Waals surface area contributed by atoms with Gasteiger partial charge >= 0.3 is 0 Å². The van der Waals surface area contributed by atoms with Crippen molar-refractivity contribution >= 4 is 22.6 Å². The molecule has 3 nitrogen and oxygen atoms in total. The van der Waals surface area contributed by atoms with Crippen LogP contribution in [0, 0.1) is 3.57 Å². The van der Waals surface area contributed by atoms with Gasteiger partial charge in [0.1, 0.15) is 12.4 Å². The van der Waals surface area contributed by atoms with Crippen LogP contribution in [0.2, 0.25) is 0 Å². The molecule has 0 spiro atoms. The van der Waals surface area contributed by atoms with Crippen LogP contribution in [0.4, 0.5) is 0 Å². The van der Waals surface area contributed by atoms with Gasteiger partial charge in [0.2, 0.25) is 0 Å². The van der Waals surface area contributed by atoms with E-state index in [9.17, 15) is 0 Å². The van der Waals surface area contributed by atoms with Gasteiger partial charge in [0.15, 0.2) is 5.79 Å². The SMILES string of the molecule is CC1(CCCC/C=C/COc2ccc(I)cc2)OCCO1. The molecule has 1 fully saturated rings. The van der Waals surface area contributed by atoms with E-state index >= 15 is 0 Å². The second kappa shape index (κ2) is 8.76. The van der Waals surface area contributed by atoms with E-state index in [4.69, 9.17) is 14.2 Å². The highest BCUT2D eigenvalue weighted by molar-refractivity contribution is 14.1. The van der Waals surface area contributed by atoms with E-state index < -0.39 is 0 Å². The number of benzene rings is 1. The lowest BCUT2D eigenvalue weighted by atomic mass is 10.1. The van der Waals surface area contributed by atoms with E-state index in [2.05, 4.69) is 34.7 Å². The predicted octanol–water partition coefficient (Wildman–Crippen LogP) is 4.55. The third kappa shape index (κ3) is 6.36. The first-order chi connectivity index (χ1) is 10.2. The van der Waals surface area contributed by atoms with Crippen molar-refractivity contribution in [3.05, 3.63) is 40.0 Å². The summed E-state index contributed by atoms with van der Waals surface area (Å²) in [7, 11) is 0. The molecule has 1 saturated heterocycles. The van der Waals surface area contributed by atoms with Crippen LogP contribution in [0.1, 0.15) is 32.6 Å². The molecule has 21 heavy (non-hydrogen) atoms. The predicted molar refractivity (Wildman–Crippen MR) is 92.6 cm³/mol. The minimum atomic E-state index is -0.336. The maximum atomic E-state index is 5.63. The maximum absolute atomic E-state index is 5.63. The van der Waals surface area contributed by atoms with Gasteiger partial charge in [-0.3, -0.25) is 0 Å². The average Bonchev–Trinajstić information content (AvgIpc) is 2.91. The average molecular weight is 402 g/mol. The molecule has 1 aromatic rings. The Hall–Kier alpha value is -0.590. The zero-order valence-electron chi connectivity index (χ0n) is 12.5. The molecule has 0 aliphatic carbocycles. The van der Waals surface area contributed by atoms with Crippen LogP contribution < -0.4 is 4.74 Å². The van der Waals surface area contributed by atoms with Crippen molar-refractivity contribution in [2.24, 2.45) is 0 Å². The minimum absolute atomic E-state index is 0.336. The third-order valence-corrected chi connectivity index (χ3v) is 4.20. The Bertz CT molecular complexity index is 436. The van der Waals surface area contributed by atoms with Crippen LogP contribution in [-0.4, -0.2) is 25.6 Å². The van der Waals surface area contributed by atoms with Crippen LogP contribution in [0.5, 0.6) is 5.75 Å². The summed E-state index contributed by atoms with van der Waals surface area (Å²) < 4.78 is 18.0. The highest BCUT2D eigenvalue weighted by Crippen LogP contribution is 2.25. The van der Waals surface area contributed by atoms with E-state index in [1.807, 2.05) is 31.2 Å². The number of allylic oxidation sites excluding steroid dienone is 1. The Balaban J connectivity index is 1.51. The first-order valence-electron chi connectivity index (χ1n) is 7.49. The third-order valence-electron chi connectivity index (χ3n) is 3.48. The van der Waals surface area contributed by atoms with Gasteiger partial charge in [-0.2, -0.15) is 0 Å². The van der Waals surface area contributed by atoms with Gasteiger partial charge in [-0.25, -0.2) is 0 Å². The van der Waals surface area contributed by atoms with Crippen LogP contribution in [0.25, 0.3) is 0 Å². The van der Waals surface area contributed by atoms with Crippen molar-refractivity contribution in [3.63, 3.8) is 0 Å². The van der Waals surface area contributed by atoms with Gasteiger partial charge in [-0.15, -0.1) is 0 Å². The summed E-state index contributed by atoms with van der Waals surface area (Å²) in [6, 6.07) is 8.09. The lowest BCUT2D eigenvalue weighted by molar-refractivity contribution is -0.147. The summed E-state index contributed by atoms with van der Waals surface area (Å²) in [4.78, 5) is 0. The molecular formula is C17H23IO3. The van der Waals surface area contributed by atoms with Gasteiger partial charge < -0.3 is 14.2 Å². The zero-order valence-corrected chi connectivity index (χ0v) is 14.7. The molecule has 0 amide bonds. The van der Waals surface area contributed by atoms with Crippen LogP contribution in [0.15, 0.2) is 36.4 Å². The molecule has 1 heterocycles. The number of ether oxygens (including phenoxy) is 3. The largest absolute Gasteiger partial charge is 0.490 e. The topological polar surface area (TPSA) is 27.7 Å². The standard InChI is InChI=1S/C17H23IO3/c1-17(20-13-14-21-17)11-5-3-2-4-6-12-19-16-9-7-15(18)8-10-16/h4,6-10H,2-3,5,11-14H2,1H3/b6-4+. The van der Waals surface area contributed by atoms with Crippen molar-refractivity contribution in [3.8, 4) is 5.75 Å². The second-order valence-electron chi connectivity index (χ2n) is 5.31. The number of rotatable bonds is 8. The van der Waals surface area contributed by atoms with Crippen molar-refractivity contribution in [1.29, 1.82) is 0 Å². The lowest BCUT2D eigenvalue weighted by Gasteiger charge is -2.21. The smallest absolute Gasteiger partial charge is 0.165 e. The summed E-state index contributed by atoms with van der Waals surface area (Å²) in [5.74, 6) is 0.584. The molecular weight excluding hydrogens is 379 g/mol. The summed E-state index contributed by atoms with van der Waals surface area (Å²) in [5.41, 5.74) is 0. The molecule has 1 aromatic carbocycles. The highest BCUT2D eigenvalue weighted by Gasteiger charge is 2.29. The first kappa shape index (κ1) is 16.8. The lowest BCUT2D eigenvalue weighted by Crippen LogP contribution is -2.24. The molecule has 0 N–H and O–H groups in total. The summed E-state index contributed by atoms with van der Waals surface area (Å²) in [6.07, 6.45) is 8.60. The van der Waals surface area contributed by atoms with Crippen molar-refractivity contribution < 1.29 is 14.2 Å². The van der Waals surface area contributed by atoms with E-state index in [0.717, 1.165) is 44.6 Å². The molecule has 0 radical (unpaired) electrons. The molecule has 0 unspecified atom stereocenters. The molecule has 0 bridgehead atoms. The Labute approximate surface area is 140 Å². The number of unbranched alkanes of at least 4 members (excludes halogenated alkanes) is 2. The molecule has 1 aliphatic rings. The fraction of sp³-hybridized carbons (Fsp3) is 0.529. The first-order valence-corrected chi connectivity index (χ1v) is 8.57. The fourth-order valence-electron chi connectivity index (χ4n) is 2.27. The molecule has 0 saturated carbocycles. The van der Waals surface area contributed by atoms with Crippen molar-refractivity contribution in [1.82, 2.24) is 0 Å². The molecule has 1 aliphatic heterocycles. The highest BCUT2D eigenvalue weighted by atomic mass is 127. The molecule has 0 aromatic heterocycles. The van der Waals surface area contributed by atoms with Gasteiger partial charge in [0.25, 0.3) is 0 Å². The molecule has 116 valence electrons. The Morgan fingerprint density at radius 2 is 1.86 bits per heavy atom. The van der Waals surface area contributed by atoms with Crippen LogP contribution in [0.3, 0.4) is 0 Å². The maximum Gasteiger partial charge on any atom is 0.165 e. The summed E-state index contributed by atoms with van der Waals surface area (Å²) in [5, 5.41) is 0. The number of halogens is 1. The van der Waals surface area contributed by atoms with Crippen LogP contribution in [-0.2, 0) is 9.47 Å². The molecule has 2 rings (SSSR count). The van der Waals surface area contributed by atoms with Crippen molar-refractivity contribution in [2.45, 2.75) is 38.4 Å². The second-order valence-corrected chi connectivity index (χ2v) is 6.56. The number of hydrogen-bond donors (Lipinski definition) is 0. The van der Waals surface area contributed by atoms with E-state index in [0.29, 0.717) is 6.61 Å². The Kier molecular flexibility index (Phi) is 6.99. The Morgan fingerprint density at radius 3 is 2.57 bits per heavy atom. The summed E-state index contributed by atoms with van der Waals surface area (Å²) >= 11 is 2.29. The van der Waals surface area contributed by atoms with E-state index in [1.54, 1.807) is 0 Å². The van der Waals surface area contributed by atoms with E-state index in [1.165, 1.54) is 3.57 Å². The quantitative estimate of drug-likeness (QED) is 0.363. The molecule has 4 heteroatoms. The summed E-state index contributed by atoms with van der Waals surface area (Å²) in [6.45, 7) is 4.12. The van der Waals surface area contributed by atoms with Crippen molar-refractivity contribution in [2.75, 3.05) is 19.8 Å². The zero-order chi connectivity index (χ0) is 15.0. The monoisotopic (exact) mass is 402 g/mol. The van der Waals surface area contributed by atoms with Gasteiger partial charge in [-0.05, 0) is 73.0 Å². The molecule has 0 atom stereocenters.